The standard InChI is InChI=1S/C28H36F2N2O2.C21H32BrFO2.C7H5FN2/c1-26(34)12-13-28(30)17(15-26)4-6-19-20-7-8-22(27(20,2)11-10-21(19)28)25(33)16-32-23-9-5-18(29)14-24(23)31-3;1-19(25)9-10-21(23)13(11-19)3-4-14-15-5-6-17(18(24)12-22)20(15,2)8-7-16(14)21;8-6-1-2-7(10)5(3-6)4-9/h5,9,14,17,19-22,32,34H,4,6-8,10-13,15-16H2,1-2H3;13-17,25H,3-12H2,1-2H3;1-3H,10H2/t17-,19+,20+,21+,22-,26-,27+,28-;13-,14+,15+,16+,17-,19-,20+,21-;/m11./s1. The van der Waals surface area contributed by atoms with E-state index in [0.29, 0.717) is 84.7 Å². The summed E-state index contributed by atoms with van der Waals surface area (Å²) in [5, 5.41) is 32.9. The molecule has 8 nitrogen and oxygen atoms in total. The van der Waals surface area contributed by atoms with Crippen molar-refractivity contribution in [3.05, 3.63) is 65.0 Å². The molecule has 0 bridgehead atoms. The second-order valence-corrected chi connectivity index (χ2v) is 24.5. The van der Waals surface area contributed by atoms with Gasteiger partial charge in [-0.25, -0.2) is 22.4 Å². The number of ketones is 2. The van der Waals surface area contributed by atoms with E-state index < -0.39 is 34.2 Å². The number of fused-ring (bicyclic) bond motifs is 10. The fourth-order valence-corrected chi connectivity index (χ4v) is 17.2. The lowest BCUT2D eigenvalue weighted by Gasteiger charge is -2.59. The van der Waals surface area contributed by atoms with E-state index in [9.17, 15) is 28.6 Å². The molecule has 0 aromatic heterocycles. The van der Waals surface area contributed by atoms with E-state index in [4.69, 9.17) is 17.6 Å². The first-order chi connectivity index (χ1) is 32.5. The van der Waals surface area contributed by atoms with Crippen LogP contribution in [0.2, 0.25) is 0 Å². The summed E-state index contributed by atoms with van der Waals surface area (Å²) in [6, 6.07) is 9.46. The van der Waals surface area contributed by atoms with Gasteiger partial charge in [0, 0.05) is 23.2 Å². The van der Waals surface area contributed by atoms with Crippen molar-refractivity contribution in [1.82, 2.24) is 0 Å². The molecule has 10 rings (SSSR count). The normalized spacial score (nSPS) is 42.6. The van der Waals surface area contributed by atoms with Crippen molar-refractivity contribution in [2.45, 2.75) is 166 Å². The molecule has 0 saturated heterocycles. The van der Waals surface area contributed by atoms with Gasteiger partial charge in [-0.2, -0.15) is 5.26 Å². The third-order valence-corrected chi connectivity index (χ3v) is 20.8. The molecule has 2 aromatic carbocycles. The molecular formula is C56H73BrF4N4O4. The fraction of sp³-hybridized carbons (Fsp3) is 0.714. The van der Waals surface area contributed by atoms with Crippen LogP contribution in [0.15, 0.2) is 36.4 Å². The van der Waals surface area contributed by atoms with Gasteiger partial charge < -0.3 is 21.3 Å². The molecule has 8 fully saturated rings. The number of rotatable bonds is 6. The van der Waals surface area contributed by atoms with Gasteiger partial charge in [0.25, 0.3) is 0 Å². The van der Waals surface area contributed by atoms with Crippen LogP contribution in [-0.2, 0) is 9.59 Å². The third-order valence-electron chi connectivity index (χ3n) is 20.2. The lowest BCUT2D eigenvalue weighted by Crippen LogP contribution is -2.58. The van der Waals surface area contributed by atoms with E-state index >= 15 is 8.78 Å². The Labute approximate surface area is 415 Å². The number of nitriles is 1. The number of alkyl halides is 3. The number of nitrogens with one attached hydrogen (secondary N) is 1. The maximum absolute atomic E-state index is 16.5. The third kappa shape index (κ3) is 9.65. The Morgan fingerprint density at radius 2 is 1.22 bits per heavy atom. The first-order valence-electron chi connectivity index (χ1n) is 25.8. The molecule has 376 valence electrons. The van der Waals surface area contributed by atoms with Crippen LogP contribution in [0.3, 0.4) is 0 Å². The lowest BCUT2D eigenvalue weighted by atomic mass is 9.48. The van der Waals surface area contributed by atoms with Crippen LogP contribution < -0.4 is 11.1 Å². The Hall–Kier alpha value is -3.52. The molecule has 5 N–H and O–H groups in total. The maximum atomic E-state index is 16.5. The molecule has 8 aliphatic carbocycles. The van der Waals surface area contributed by atoms with Crippen molar-refractivity contribution in [3.8, 4) is 6.07 Å². The molecule has 16 atom stereocenters. The summed E-state index contributed by atoms with van der Waals surface area (Å²) in [5.41, 5.74) is 2.75. The van der Waals surface area contributed by atoms with Crippen molar-refractivity contribution < 1.29 is 37.4 Å². The number of nitrogens with two attached hydrogens (primary N) is 1. The highest BCUT2D eigenvalue weighted by molar-refractivity contribution is 9.09. The molecule has 0 spiro atoms. The highest BCUT2D eigenvalue weighted by Gasteiger charge is 2.65. The molecular weight excluding hydrogens is 949 g/mol. The van der Waals surface area contributed by atoms with E-state index in [-0.39, 0.29) is 69.9 Å². The van der Waals surface area contributed by atoms with E-state index in [1.807, 2.05) is 13.8 Å². The minimum Gasteiger partial charge on any atom is -0.398 e. The van der Waals surface area contributed by atoms with Gasteiger partial charge in [0.05, 0.1) is 35.2 Å². The van der Waals surface area contributed by atoms with Crippen LogP contribution in [0.1, 0.15) is 149 Å². The summed E-state index contributed by atoms with van der Waals surface area (Å²) in [6.07, 6.45) is 14.7. The molecule has 2 aromatic rings. The molecule has 69 heavy (non-hydrogen) atoms. The smallest absolute Gasteiger partial charge is 0.212 e. The van der Waals surface area contributed by atoms with Gasteiger partial charge in [0.2, 0.25) is 5.69 Å². The van der Waals surface area contributed by atoms with Gasteiger partial charge >= 0.3 is 0 Å². The van der Waals surface area contributed by atoms with Crippen LogP contribution in [0.4, 0.5) is 34.6 Å². The summed E-state index contributed by atoms with van der Waals surface area (Å²) in [4.78, 5) is 29.2. The highest BCUT2D eigenvalue weighted by Crippen LogP contribution is 2.68. The topological polar surface area (TPSA) is 141 Å². The van der Waals surface area contributed by atoms with Crippen molar-refractivity contribution >= 4 is 44.6 Å². The summed E-state index contributed by atoms with van der Waals surface area (Å²) in [6.45, 7) is 15.7. The molecule has 8 saturated carbocycles. The average Bonchev–Trinajstić information content (AvgIpc) is 3.86. The average molecular weight is 1020 g/mol. The van der Waals surface area contributed by atoms with E-state index in [1.165, 1.54) is 30.3 Å². The van der Waals surface area contributed by atoms with E-state index in [0.717, 1.165) is 83.1 Å². The van der Waals surface area contributed by atoms with Crippen molar-refractivity contribution in [3.63, 3.8) is 0 Å². The zero-order valence-electron chi connectivity index (χ0n) is 41.0. The number of halogens is 5. The van der Waals surface area contributed by atoms with Crippen molar-refractivity contribution in [2.24, 2.45) is 70.0 Å². The van der Waals surface area contributed by atoms with Crippen LogP contribution in [0, 0.1) is 99.5 Å². The Balaban J connectivity index is 0.000000160. The quantitative estimate of drug-likeness (QED) is 0.0977. The van der Waals surface area contributed by atoms with Crippen LogP contribution >= 0.6 is 15.9 Å². The van der Waals surface area contributed by atoms with Crippen LogP contribution in [0.25, 0.3) is 4.85 Å². The summed E-state index contributed by atoms with van der Waals surface area (Å²) in [7, 11) is 0. The van der Waals surface area contributed by atoms with Gasteiger partial charge in [-0.15, -0.1) is 0 Å². The van der Waals surface area contributed by atoms with Gasteiger partial charge in [-0.05, 0) is 224 Å². The Morgan fingerprint density at radius 3 is 1.70 bits per heavy atom. The molecule has 13 heteroatoms. The summed E-state index contributed by atoms with van der Waals surface area (Å²) >= 11 is 3.37. The second kappa shape index (κ2) is 19.5. The largest absolute Gasteiger partial charge is 0.398 e. The van der Waals surface area contributed by atoms with Crippen LogP contribution in [0.5, 0.6) is 0 Å². The Kier molecular flexibility index (Phi) is 14.6. The van der Waals surface area contributed by atoms with Gasteiger partial charge in [0.1, 0.15) is 34.8 Å². The highest BCUT2D eigenvalue weighted by atomic mass is 79.9. The summed E-state index contributed by atoms with van der Waals surface area (Å²) < 4.78 is 58.5. The molecule has 0 radical (unpaired) electrons. The van der Waals surface area contributed by atoms with Gasteiger partial charge in [-0.3, -0.25) is 9.59 Å². The van der Waals surface area contributed by atoms with E-state index in [2.05, 4.69) is 39.9 Å². The lowest BCUT2D eigenvalue weighted by molar-refractivity contribution is -0.165. The number of hydrogen-bond donors (Lipinski definition) is 4. The number of nitrogens with zero attached hydrogens (tertiary/aromatic N) is 2. The van der Waals surface area contributed by atoms with Crippen molar-refractivity contribution in [1.29, 1.82) is 5.26 Å². The molecule has 0 amide bonds. The number of aliphatic hydroxyl groups is 2. The predicted molar refractivity (Wildman–Crippen MR) is 264 cm³/mol. The second-order valence-electron chi connectivity index (χ2n) is 23.9. The first kappa shape index (κ1) is 51.8. The number of carbonyl (C=O) groups excluding carboxylic acids is 2. The molecule has 0 aliphatic heterocycles. The minimum atomic E-state index is -1.17. The summed E-state index contributed by atoms with van der Waals surface area (Å²) in [5.74, 6) is 1.50. The number of anilines is 2. The molecule has 0 heterocycles. The Bertz CT molecular complexity index is 2350. The van der Waals surface area contributed by atoms with Crippen LogP contribution in [-0.4, -0.2) is 56.2 Å². The minimum absolute atomic E-state index is 0.0308. The number of nitrogen functional groups attached to an aromatic ring is 1. The molecule has 8 aliphatic rings. The first-order valence-corrected chi connectivity index (χ1v) is 26.9. The number of carbonyl (C=O) groups is 2. The number of hydrogen-bond acceptors (Lipinski definition) is 7. The van der Waals surface area contributed by atoms with Crippen molar-refractivity contribution in [2.75, 3.05) is 22.9 Å². The monoisotopic (exact) mass is 1020 g/mol. The number of Topliss-reactive ketones (excluding diaryl/α,β-unsaturated/α-hetero) is 2. The number of benzene rings is 2. The Morgan fingerprint density at radius 1 is 0.725 bits per heavy atom. The zero-order chi connectivity index (χ0) is 49.9. The SMILES string of the molecule is C[C@@]1(O)CC[C@@]2(F)[C@H](CC[C@H]3[C@@H]4CC[C@H](C(=O)CBr)[C@@]4(C)CC[C@@H]32)C1.N#Cc1cc(F)ccc1N.[C-]#[N+]c1cc(F)ccc1NCC(=O)[C@H]1CC[C@H]2[C@@H]3CC[C@@H]4C[C@](C)(O)CC[C@]4(F)[C@H]3CC[C@]12C. The van der Waals surface area contributed by atoms with Gasteiger partial charge in [-0.1, -0.05) is 29.8 Å². The van der Waals surface area contributed by atoms with Gasteiger partial charge in [0.15, 0.2) is 5.78 Å². The fourth-order valence-electron chi connectivity index (χ4n) is 16.8. The molecule has 0 unspecified atom stereocenters. The zero-order valence-corrected chi connectivity index (χ0v) is 42.5. The maximum Gasteiger partial charge on any atom is 0.212 e. The van der Waals surface area contributed by atoms with E-state index in [1.54, 1.807) is 6.07 Å². The predicted octanol–water partition coefficient (Wildman–Crippen LogP) is 12.8.